The molecular weight excluding hydrogens is 331 g/mol. The molecule has 4 nitrogen and oxygen atoms in total. The Hall–Kier alpha value is -2.87. The Labute approximate surface area is 152 Å². The average Bonchev–Trinajstić information content (AvgIpc) is 3.16. The van der Waals surface area contributed by atoms with Crippen molar-refractivity contribution in [3.8, 4) is 11.8 Å². The van der Waals surface area contributed by atoms with Crippen molar-refractivity contribution in [1.29, 1.82) is 5.26 Å². The fourth-order valence-corrected chi connectivity index (χ4v) is 3.55. The van der Waals surface area contributed by atoms with E-state index in [1.807, 2.05) is 18.2 Å². The summed E-state index contributed by atoms with van der Waals surface area (Å²) in [4.78, 5) is 12.2. The van der Waals surface area contributed by atoms with Gasteiger partial charge in [-0.1, -0.05) is 43.2 Å². The van der Waals surface area contributed by atoms with E-state index in [4.69, 9.17) is 10.00 Å². The first kappa shape index (κ1) is 17.9. The monoisotopic (exact) mass is 352 g/mol. The quantitative estimate of drug-likeness (QED) is 0.862. The number of amides is 1. The summed E-state index contributed by atoms with van der Waals surface area (Å²) in [6, 6.07) is 16.0. The Morgan fingerprint density at radius 3 is 2.58 bits per heavy atom. The van der Waals surface area contributed by atoms with Gasteiger partial charge in [0.15, 0.2) is 6.61 Å². The summed E-state index contributed by atoms with van der Waals surface area (Å²) >= 11 is 0. The van der Waals surface area contributed by atoms with E-state index in [1.54, 1.807) is 6.07 Å². The molecule has 5 heteroatoms. The van der Waals surface area contributed by atoms with E-state index < -0.39 is 5.82 Å². The van der Waals surface area contributed by atoms with Crippen LogP contribution in [0.15, 0.2) is 48.5 Å². The molecule has 0 aromatic heterocycles. The van der Waals surface area contributed by atoms with Crippen LogP contribution in [-0.2, 0) is 10.2 Å². The Kier molecular flexibility index (Phi) is 5.52. The standard InChI is InChI=1S/C21H21FN2O2/c22-19-12-18(9-8-16(19)13-23)26-14-20(25)24-15-21(10-4-5-11-21)17-6-2-1-3-7-17/h1-3,6-9,12H,4-5,10-11,14-15H2,(H,24,25). The van der Waals surface area contributed by atoms with Crippen LogP contribution in [-0.4, -0.2) is 19.1 Å². The lowest BCUT2D eigenvalue weighted by molar-refractivity contribution is -0.123. The van der Waals surface area contributed by atoms with Gasteiger partial charge in [0.1, 0.15) is 17.6 Å². The summed E-state index contributed by atoms with van der Waals surface area (Å²) in [7, 11) is 0. The average molecular weight is 352 g/mol. The predicted octanol–water partition coefficient (Wildman–Crippen LogP) is 3.70. The molecule has 2 aromatic rings. The van der Waals surface area contributed by atoms with Crippen LogP contribution in [0.2, 0.25) is 0 Å². The van der Waals surface area contributed by atoms with Gasteiger partial charge in [0.05, 0.1) is 5.56 Å². The molecule has 26 heavy (non-hydrogen) atoms. The molecule has 0 radical (unpaired) electrons. The van der Waals surface area contributed by atoms with Gasteiger partial charge in [-0.2, -0.15) is 5.26 Å². The second kappa shape index (κ2) is 8.01. The van der Waals surface area contributed by atoms with Crippen molar-refractivity contribution in [2.75, 3.05) is 13.2 Å². The first-order chi connectivity index (χ1) is 12.6. The molecule has 1 N–H and O–H groups in total. The smallest absolute Gasteiger partial charge is 0.257 e. The molecule has 1 amide bonds. The number of nitrogens with zero attached hydrogens (tertiary/aromatic N) is 1. The minimum Gasteiger partial charge on any atom is -0.484 e. The molecule has 0 spiro atoms. The number of rotatable bonds is 6. The van der Waals surface area contributed by atoms with Crippen molar-refractivity contribution >= 4 is 5.91 Å². The van der Waals surface area contributed by atoms with E-state index in [0.717, 1.165) is 31.7 Å². The van der Waals surface area contributed by atoms with Crippen LogP contribution in [0.5, 0.6) is 5.75 Å². The van der Waals surface area contributed by atoms with E-state index in [9.17, 15) is 9.18 Å². The molecule has 0 unspecified atom stereocenters. The lowest BCUT2D eigenvalue weighted by Gasteiger charge is -2.30. The predicted molar refractivity (Wildman–Crippen MR) is 96.2 cm³/mol. The molecule has 1 saturated carbocycles. The topological polar surface area (TPSA) is 62.1 Å². The second-order valence-corrected chi connectivity index (χ2v) is 6.67. The summed E-state index contributed by atoms with van der Waals surface area (Å²) in [6.45, 7) is 0.386. The molecular formula is C21H21FN2O2. The van der Waals surface area contributed by atoms with Crippen LogP contribution in [0.1, 0.15) is 36.8 Å². The number of benzene rings is 2. The van der Waals surface area contributed by atoms with E-state index in [0.29, 0.717) is 6.54 Å². The van der Waals surface area contributed by atoms with Crippen molar-refractivity contribution in [3.63, 3.8) is 0 Å². The number of carbonyl (C=O) groups excluding carboxylic acids is 1. The maximum absolute atomic E-state index is 13.6. The molecule has 0 aliphatic heterocycles. The molecule has 134 valence electrons. The van der Waals surface area contributed by atoms with Gasteiger partial charge in [0.2, 0.25) is 0 Å². The molecule has 1 aliphatic rings. The molecule has 0 atom stereocenters. The van der Waals surface area contributed by atoms with Crippen molar-refractivity contribution in [2.24, 2.45) is 0 Å². The van der Waals surface area contributed by atoms with Crippen LogP contribution in [0, 0.1) is 17.1 Å². The third kappa shape index (κ3) is 4.02. The summed E-state index contributed by atoms with van der Waals surface area (Å²) in [6.07, 6.45) is 4.43. The fraction of sp³-hybridized carbons (Fsp3) is 0.333. The highest BCUT2D eigenvalue weighted by atomic mass is 19.1. The SMILES string of the molecule is N#Cc1ccc(OCC(=O)NCC2(c3ccccc3)CCCC2)cc1F. The Bertz CT molecular complexity index is 809. The van der Waals surface area contributed by atoms with Crippen molar-refractivity contribution in [3.05, 3.63) is 65.5 Å². The summed E-state index contributed by atoms with van der Waals surface area (Å²) < 4.78 is 18.9. The Balaban J connectivity index is 1.56. The fourth-order valence-electron chi connectivity index (χ4n) is 3.55. The first-order valence-electron chi connectivity index (χ1n) is 8.78. The van der Waals surface area contributed by atoms with E-state index in [1.165, 1.54) is 17.7 Å². The molecule has 2 aromatic carbocycles. The maximum Gasteiger partial charge on any atom is 0.257 e. The number of hydrogen-bond acceptors (Lipinski definition) is 3. The maximum atomic E-state index is 13.6. The van der Waals surface area contributed by atoms with E-state index >= 15 is 0 Å². The molecule has 0 bridgehead atoms. The minimum absolute atomic E-state index is 0.0164. The molecule has 1 fully saturated rings. The van der Waals surface area contributed by atoms with Crippen molar-refractivity contribution < 1.29 is 13.9 Å². The van der Waals surface area contributed by atoms with Crippen LogP contribution >= 0.6 is 0 Å². The highest BCUT2D eigenvalue weighted by molar-refractivity contribution is 5.77. The Morgan fingerprint density at radius 1 is 1.19 bits per heavy atom. The number of nitrogens with one attached hydrogen (secondary N) is 1. The van der Waals surface area contributed by atoms with Gasteiger partial charge in [-0.25, -0.2) is 4.39 Å². The van der Waals surface area contributed by atoms with Crippen LogP contribution in [0.4, 0.5) is 4.39 Å². The lowest BCUT2D eigenvalue weighted by Crippen LogP contribution is -2.40. The van der Waals surface area contributed by atoms with Gasteiger partial charge in [-0.15, -0.1) is 0 Å². The highest BCUT2D eigenvalue weighted by Crippen LogP contribution is 2.40. The van der Waals surface area contributed by atoms with Gasteiger partial charge in [-0.05, 0) is 30.5 Å². The van der Waals surface area contributed by atoms with Gasteiger partial charge in [0, 0.05) is 18.0 Å². The van der Waals surface area contributed by atoms with Gasteiger partial charge in [-0.3, -0.25) is 4.79 Å². The van der Waals surface area contributed by atoms with E-state index in [-0.39, 0.29) is 29.2 Å². The molecule has 3 rings (SSSR count). The van der Waals surface area contributed by atoms with Gasteiger partial charge < -0.3 is 10.1 Å². The zero-order chi connectivity index (χ0) is 18.4. The lowest BCUT2D eigenvalue weighted by atomic mass is 9.79. The van der Waals surface area contributed by atoms with Crippen LogP contribution in [0.3, 0.4) is 0 Å². The third-order valence-corrected chi connectivity index (χ3v) is 5.00. The van der Waals surface area contributed by atoms with Crippen LogP contribution < -0.4 is 10.1 Å². The molecule has 0 heterocycles. The van der Waals surface area contributed by atoms with Crippen molar-refractivity contribution in [1.82, 2.24) is 5.32 Å². The zero-order valence-electron chi connectivity index (χ0n) is 14.5. The minimum atomic E-state index is -0.653. The highest BCUT2D eigenvalue weighted by Gasteiger charge is 2.35. The molecule has 0 saturated heterocycles. The normalized spacial score (nSPS) is 15.2. The van der Waals surface area contributed by atoms with E-state index in [2.05, 4.69) is 17.4 Å². The van der Waals surface area contributed by atoms with Crippen molar-refractivity contribution in [2.45, 2.75) is 31.1 Å². The number of nitriles is 1. The third-order valence-electron chi connectivity index (χ3n) is 5.00. The van der Waals surface area contributed by atoms with Gasteiger partial charge >= 0.3 is 0 Å². The zero-order valence-corrected chi connectivity index (χ0v) is 14.5. The van der Waals surface area contributed by atoms with Crippen LogP contribution in [0.25, 0.3) is 0 Å². The number of ether oxygens (including phenoxy) is 1. The number of hydrogen-bond donors (Lipinski definition) is 1. The number of carbonyl (C=O) groups is 1. The van der Waals surface area contributed by atoms with Gasteiger partial charge in [0.25, 0.3) is 5.91 Å². The molecule has 1 aliphatic carbocycles. The second-order valence-electron chi connectivity index (χ2n) is 6.67. The Morgan fingerprint density at radius 2 is 1.92 bits per heavy atom. The largest absolute Gasteiger partial charge is 0.484 e. The first-order valence-corrected chi connectivity index (χ1v) is 8.78. The number of halogens is 1. The summed E-state index contributed by atoms with van der Waals surface area (Å²) in [5.74, 6) is -0.661. The summed E-state index contributed by atoms with van der Waals surface area (Å²) in [5, 5.41) is 11.7. The summed E-state index contributed by atoms with van der Waals surface area (Å²) in [5.41, 5.74) is 1.19.